The monoisotopic (exact) mass is 407 g/mol. The predicted molar refractivity (Wildman–Crippen MR) is 111 cm³/mol. The standard InChI is InChI=1S/C23H21NO6/c1-23(17-6-12-20(28-2)13-7-17,18-8-14-21(29-3)15-9-18)30-22(25)16-4-10-19(11-5-16)24(26)27/h4-15H,1-3H3. The molecule has 7 nitrogen and oxygen atoms in total. The van der Waals surface area contributed by atoms with Gasteiger partial charge in [0.15, 0.2) is 5.60 Å². The summed E-state index contributed by atoms with van der Waals surface area (Å²) in [7, 11) is 3.15. The fourth-order valence-electron chi connectivity index (χ4n) is 3.07. The maximum absolute atomic E-state index is 12.9. The van der Waals surface area contributed by atoms with Gasteiger partial charge in [0.1, 0.15) is 11.5 Å². The molecule has 0 aliphatic heterocycles. The van der Waals surface area contributed by atoms with Gasteiger partial charge in [0.05, 0.1) is 24.7 Å². The van der Waals surface area contributed by atoms with Crippen molar-refractivity contribution in [1.82, 2.24) is 0 Å². The van der Waals surface area contributed by atoms with Crippen LogP contribution >= 0.6 is 0 Å². The van der Waals surface area contributed by atoms with Crippen molar-refractivity contribution in [3.8, 4) is 11.5 Å². The molecule has 0 saturated heterocycles. The van der Waals surface area contributed by atoms with Crippen LogP contribution in [0.4, 0.5) is 5.69 Å². The Kier molecular flexibility index (Phi) is 6.01. The summed E-state index contributed by atoms with van der Waals surface area (Å²) in [6, 6.07) is 19.8. The molecule has 0 radical (unpaired) electrons. The number of carbonyl (C=O) groups is 1. The number of nitrogens with zero attached hydrogens (tertiary/aromatic N) is 1. The molecule has 0 heterocycles. The molecule has 154 valence electrons. The first kappa shape index (κ1) is 20.9. The van der Waals surface area contributed by atoms with E-state index >= 15 is 0 Å². The molecule has 0 saturated carbocycles. The number of hydrogen-bond acceptors (Lipinski definition) is 6. The molecule has 0 unspecified atom stereocenters. The lowest BCUT2D eigenvalue weighted by Gasteiger charge is -2.31. The Morgan fingerprint density at radius 3 is 1.60 bits per heavy atom. The maximum atomic E-state index is 12.9. The van der Waals surface area contributed by atoms with Crippen molar-refractivity contribution in [2.24, 2.45) is 0 Å². The number of ether oxygens (including phenoxy) is 3. The maximum Gasteiger partial charge on any atom is 0.339 e. The molecule has 0 bridgehead atoms. The van der Waals surface area contributed by atoms with E-state index < -0.39 is 16.5 Å². The van der Waals surface area contributed by atoms with Gasteiger partial charge in [0.25, 0.3) is 5.69 Å². The first-order chi connectivity index (χ1) is 14.4. The number of non-ortho nitro benzene ring substituents is 1. The van der Waals surface area contributed by atoms with Gasteiger partial charge in [-0.1, -0.05) is 24.3 Å². The van der Waals surface area contributed by atoms with Gasteiger partial charge in [-0.15, -0.1) is 0 Å². The third kappa shape index (κ3) is 4.25. The fourth-order valence-corrected chi connectivity index (χ4v) is 3.07. The molecule has 7 heteroatoms. The van der Waals surface area contributed by atoms with Crippen LogP contribution in [0.25, 0.3) is 0 Å². The van der Waals surface area contributed by atoms with Crippen molar-refractivity contribution >= 4 is 11.7 Å². The highest BCUT2D eigenvalue weighted by Gasteiger charge is 2.34. The Morgan fingerprint density at radius 2 is 1.23 bits per heavy atom. The molecule has 30 heavy (non-hydrogen) atoms. The molecular formula is C23H21NO6. The lowest BCUT2D eigenvalue weighted by molar-refractivity contribution is -0.384. The molecule has 0 atom stereocenters. The largest absolute Gasteiger partial charge is 0.497 e. The highest BCUT2D eigenvalue weighted by Crippen LogP contribution is 2.36. The van der Waals surface area contributed by atoms with Crippen LogP contribution < -0.4 is 9.47 Å². The van der Waals surface area contributed by atoms with Crippen LogP contribution in [-0.4, -0.2) is 25.1 Å². The Bertz CT molecular complexity index is 979. The fraction of sp³-hybridized carbons (Fsp3) is 0.174. The minimum absolute atomic E-state index is 0.0976. The summed E-state index contributed by atoms with van der Waals surface area (Å²) in [6.07, 6.45) is 0. The number of nitro groups is 1. The zero-order valence-electron chi connectivity index (χ0n) is 16.8. The van der Waals surface area contributed by atoms with Gasteiger partial charge in [-0.3, -0.25) is 10.1 Å². The van der Waals surface area contributed by atoms with Crippen LogP contribution in [0.2, 0.25) is 0 Å². The summed E-state index contributed by atoms with van der Waals surface area (Å²) in [4.78, 5) is 23.2. The Labute approximate surface area is 174 Å². The minimum Gasteiger partial charge on any atom is -0.497 e. The molecule has 0 aliphatic rings. The second kappa shape index (κ2) is 8.65. The van der Waals surface area contributed by atoms with E-state index in [1.165, 1.54) is 24.3 Å². The number of rotatable bonds is 7. The summed E-state index contributed by atoms with van der Waals surface area (Å²) in [5, 5.41) is 10.9. The number of esters is 1. The van der Waals surface area contributed by atoms with Crippen LogP contribution in [0.1, 0.15) is 28.4 Å². The van der Waals surface area contributed by atoms with Crippen LogP contribution in [0.3, 0.4) is 0 Å². The lowest BCUT2D eigenvalue weighted by Crippen LogP contribution is -2.30. The van der Waals surface area contributed by atoms with Gasteiger partial charge >= 0.3 is 5.97 Å². The topological polar surface area (TPSA) is 87.9 Å². The molecule has 3 rings (SSSR count). The molecule has 0 N–H and O–H groups in total. The SMILES string of the molecule is COc1ccc(C(C)(OC(=O)c2ccc([N+](=O)[O-])cc2)c2ccc(OC)cc2)cc1. The van der Waals surface area contributed by atoms with Gasteiger partial charge in [-0.05, 0) is 43.3 Å². The van der Waals surface area contributed by atoms with Crippen LogP contribution in [0.5, 0.6) is 11.5 Å². The number of benzene rings is 3. The average Bonchev–Trinajstić information content (AvgIpc) is 2.79. The van der Waals surface area contributed by atoms with Gasteiger partial charge in [0.2, 0.25) is 0 Å². The lowest BCUT2D eigenvalue weighted by atomic mass is 9.87. The van der Waals surface area contributed by atoms with E-state index in [4.69, 9.17) is 14.2 Å². The van der Waals surface area contributed by atoms with Crippen molar-refractivity contribution < 1.29 is 23.9 Å². The first-order valence-electron chi connectivity index (χ1n) is 9.14. The van der Waals surface area contributed by atoms with Crippen LogP contribution in [0.15, 0.2) is 72.8 Å². The molecule has 0 amide bonds. The molecule has 0 aromatic heterocycles. The summed E-state index contributed by atoms with van der Waals surface area (Å²) in [5.41, 5.74) is 0.484. The number of hydrogen-bond donors (Lipinski definition) is 0. The second-order valence-electron chi connectivity index (χ2n) is 6.68. The van der Waals surface area contributed by atoms with Crippen LogP contribution in [-0.2, 0) is 10.3 Å². The van der Waals surface area contributed by atoms with E-state index in [-0.39, 0.29) is 11.3 Å². The van der Waals surface area contributed by atoms with Gasteiger partial charge in [-0.2, -0.15) is 0 Å². The van der Waals surface area contributed by atoms with E-state index in [0.717, 1.165) is 11.1 Å². The number of carbonyl (C=O) groups excluding carboxylic acids is 1. The van der Waals surface area contributed by atoms with E-state index in [9.17, 15) is 14.9 Å². The third-order valence-electron chi connectivity index (χ3n) is 4.89. The highest BCUT2D eigenvalue weighted by molar-refractivity contribution is 5.90. The second-order valence-corrected chi connectivity index (χ2v) is 6.68. The normalized spacial score (nSPS) is 10.9. The molecule has 0 aliphatic carbocycles. The summed E-state index contributed by atoms with van der Waals surface area (Å²) in [6.45, 7) is 1.79. The Morgan fingerprint density at radius 1 is 0.800 bits per heavy atom. The molecule has 0 fully saturated rings. The summed E-state index contributed by atoms with van der Waals surface area (Å²) >= 11 is 0. The van der Waals surface area contributed by atoms with Crippen LogP contribution in [0, 0.1) is 10.1 Å². The average molecular weight is 407 g/mol. The highest BCUT2D eigenvalue weighted by atomic mass is 16.6. The van der Waals surface area contributed by atoms with Crippen molar-refractivity contribution in [3.63, 3.8) is 0 Å². The number of nitro benzene ring substituents is 1. The van der Waals surface area contributed by atoms with Gasteiger partial charge < -0.3 is 14.2 Å². The van der Waals surface area contributed by atoms with Crippen molar-refractivity contribution in [1.29, 1.82) is 0 Å². The van der Waals surface area contributed by atoms with E-state index in [0.29, 0.717) is 11.5 Å². The zero-order chi connectivity index (χ0) is 21.7. The molecule has 0 spiro atoms. The first-order valence-corrected chi connectivity index (χ1v) is 9.14. The minimum atomic E-state index is -1.11. The summed E-state index contributed by atoms with van der Waals surface area (Å²) in [5.74, 6) is 0.758. The van der Waals surface area contributed by atoms with E-state index in [1.54, 1.807) is 45.4 Å². The van der Waals surface area contributed by atoms with Crippen molar-refractivity contribution in [3.05, 3.63) is 99.6 Å². The quantitative estimate of drug-likeness (QED) is 0.320. The smallest absolute Gasteiger partial charge is 0.339 e. The molecule has 3 aromatic rings. The number of methoxy groups -OCH3 is 2. The van der Waals surface area contributed by atoms with Gasteiger partial charge in [0, 0.05) is 23.3 Å². The zero-order valence-corrected chi connectivity index (χ0v) is 16.8. The van der Waals surface area contributed by atoms with Crippen molar-refractivity contribution in [2.75, 3.05) is 14.2 Å². The van der Waals surface area contributed by atoms with E-state index in [2.05, 4.69) is 0 Å². The third-order valence-corrected chi connectivity index (χ3v) is 4.89. The molecule has 3 aromatic carbocycles. The van der Waals surface area contributed by atoms with Crippen molar-refractivity contribution in [2.45, 2.75) is 12.5 Å². The van der Waals surface area contributed by atoms with Gasteiger partial charge in [-0.25, -0.2) is 4.79 Å². The van der Waals surface area contributed by atoms with E-state index in [1.807, 2.05) is 24.3 Å². The summed E-state index contributed by atoms with van der Waals surface area (Å²) < 4.78 is 16.4. The molecular weight excluding hydrogens is 386 g/mol. The predicted octanol–water partition coefficient (Wildman–Crippen LogP) is 4.73. The Balaban J connectivity index is 1.99. The Hall–Kier alpha value is -3.87.